The van der Waals surface area contributed by atoms with Crippen molar-refractivity contribution in [1.82, 2.24) is 24.9 Å². The number of amides is 1. The number of nitrogens with one attached hydrogen (secondary N) is 1. The lowest BCUT2D eigenvalue weighted by atomic mass is 10.4. The van der Waals surface area contributed by atoms with Gasteiger partial charge in [-0.15, -0.1) is 0 Å². The van der Waals surface area contributed by atoms with E-state index in [9.17, 15) is 25.0 Å². The standard InChI is InChI=1S/C12H15N7O5/c1-9-8-11(19(23)24)15-17(9)7-4-13-12(20)3-6-16-5-2-10(14-16)18(21)22/h2,5,8H,3-4,6-7H2,1H3,(H,13,20). The van der Waals surface area contributed by atoms with Gasteiger partial charge in [0.1, 0.15) is 0 Å². The molecule has 0 aliphatic rings. The van der Waals surface area contributed by atoms with Crippen LogP contribution in [0.5, 0.6) is 0 Å². The summed E-state index contributed by atoms with van der Waals surface area (Å²) >= 11 is 0. The van der Waals surface area contributed by atoms with Crippen LogP contribution in [0.2, 0.25) is 0 Å². The maximum absolute atomic E-state index is 11.7. The van der Waals surface area contributed by atoms with E-state index in [-0.39, 0.29) is 37.1 Å². The highest BCUT2D eigenvalue weighted by Gasteiger charge is 2.15. The van der Waals surface area contributed by atoms with Gasteiger partial charge in [0.15, 0.2) is 0 Å². The molecule has 0 saturated carbocycles. The summed E-state index contributed by atoms with van der Waals surface area (Å²) in [5.74, 6) is -0.766. The first-order valence-electron chi connectivity index (χ1n) is 7.00. The smallest absolute Gasteiger partial charge is 0.358 e. The summed E-state index contributed by atoms with van der Waals surface area (Å²) < 4.78 is 2.76. The highest BCUT2D eigenvalue weighted by Crippen LogP contribution is 2.10. The van der Waals surface area contributed by atoms with Gasteiger partial charge in [-0.05, 0) is 16.8 Å². The quantitative estimate of drug-likeness (QED) is 0.541. The molecule has 0 aliphatic carbocycles. The van der Waals surface area contributed by atoms with E-state index >= 15 is 0 Å². The van der Waals surface area contributed by atoms with E-state index in [1.54, 1.807) is 6.92 Å². The molecule has 0 fully saturated rings. The summed E-state index contributed by atoms with van der Waals surface area (Å²) in [5.41, 5.74) is 0.625. The van der Waals surface area contributed by atoms with E-state index < -0.39 is 9.85 Å². The third-order valence-corrected chi connectivity index (χ3v) is 3.18. The zero-order chi connectivity index (χ0) is 17.7. The van der Waals surface area contributed by atoms with Gasteiger partial charge in [0.25, 0.3) is 0 Å². The molecule has 1 N–H and O–H groups in total. The van der Waals surface area contributed by atoms with Crippen LogP contribution in [0.3, 0.4) is 0 Å². The highest BCUT2D eigenvalue weighted by atomic mass is 16.6. The molecular weight excluding hydrogens is 322 g/mol. The van der Waals surface area contributed by atoms with Gasteiger partial charge < -0.3 is 25.5 Å². The van der Waals surface area contributed by atoms with E-state index in [1.807, 2.05) is 0 Å². The molecule has 2 aromatic rings. The lowest BCUT2D eigenvalue weighted by molar-refractivity contribution is -0.390. The molecule has 12 nitrogen and oxygen atoms in total. The van der Waals surface area contributed by atoms with Crippen molar-refractivity contribution in [3.05, 3.63) is 44.3 Å². The Kier molecular flexibility index (Phi) is 5.19. The minimum atomic E-state index is -0.609. The molecule has 12 heteroatoms. The second kappa shape index (κ2) is 7.30. The number of carbonyl (C=O) groups is 1. The number of aryl methyl sites for hydroxylation is 2. The summed E-state index contributed by atoms with van der Waals surface area (Å²) in [7, 11) is 0. The van der Waals surface area contributed by atoms with Gasteiger partial charge in [0.05, 0.1) is 47.3 Å². The normalized spacial score (nSPS) is 10.5. The summed E-state index contributed by atoms with van der Waals surface area (Å²) in [6.45, 7) is 2.47. The number of aromatic nitrogens is 4. The van der Waals surface area contributed by atoms with Crippen molar-refractivity contribution in [2.45, 2.75) is 26.4 Å². The van der Waals surface area contributed by atoms with E-state index in [4.69, 9.17) is 0 Å². The SMILES string of the molecule is Cc1cc([N+](=O)[O-])nn1CCNC(=O)CCn1ccc([N+](=O)[O-])n1. The van der Waals surface area contributed by atoms with E-state index in [1.165, 1.54) is 27.7 Å². The molecule has 0 aliphatic heterocycles. The second-order valence-corrected chi connectivity index (χ2v) is 4.92. The molecule has 0 spiro atoms. The van der Waals surface area contributed by atoms with Crippen LogP contribution < -0.4 is 5.32 Å². The first-order valence-corrected chi connectivity index (χ1v) is 7.00. The highest BCUT2D eigenvalue weighted by molar-refractivity contribution is 5.75. The van der Waals surface area contributed by atoms with E-state index in [0.29, 0.717) is 12.2 Å². The molecule has 0 aromatic carbocycles. The Bertz CT molecular complexity index is 766. The van der Waals surface area contributed by atoms with Gasteiger partial charge in [-0.2, -0.15) is 9.36 Å². The van der Waals surface area contributed by atoms with Gasteiger partial charge in [-0.3, -0.25) is 4.79 Å². The number of carbonyl (C=O) groups excluding carboxylic acids is 1. The van der Waals surface area contributed by atoms with Crippen LogP contribution in [0, 0.1) is 27.2 Å². The van der Waals surface area contributed by atoms with Gasteiger partial charge in [0, 0.05) is 13.0 Å². The topological polar surface area (TPSA) is 151 Å². The van der Waals surface area contributed by atoms with Gasteiger partial charge in [0.2, 0.25) is 5.91 Å². The van der Waals surface area contributed by atoms with Crippen molar-refractivity contribution in [3.8, 4) is 0 Å². The van der Waals surface area contributed by atoms with Crippen molar-refractivity contribution in [2.24, 2.45) is 0 Å². The van der Waals surface area contributed by atoms with E-state index in [2.05, 4.69) is 15.5 Å². The maximum atomic E-state index is 11.7. The van der Waals surface area contributed by atoms with Crippen LogP contribution in [-0.4, -0.2) is 41.9 Å². The van der Waals surface area contributed by atoms with Crippen molar-refractivity contribution in [1.29, 1.82) is 0 Å². The lowest BCUT2D eigenvalue weighted by Gasteiger charge is -2.04. The summed E-state index contributed by atoms with van der Waals surface area (Å²) in [6, 6.07) is 2.61. The van der Waals surface area contributed by atoms with Crippen molar-refractivity contribution >= 4 is 17.5 Å². The van der Waals surface area contributed by atoms with Crippen molar-refractivity contribution < 1.29 is 14.6 Å². The molecule has 0 bridgehead atoms. The molecule has 0 saturated heterocycles. The Hall–Kier alpha value is -3.31. The Morgan fingerprint density at radius 2 is 1.92 bits per heavy atom. The molecule has 2 heterocycles. The first-order chi connectivity index (χ1) is 11.4. The molecule has 0 atom stereocenters. The van der Waals surface area contributed by atoms with Gasteiger partial charge >= 0.3 is 11.6 Å². The van der Waals surface area contributed by atoms with Gasteiger partial charge in [-0.1, -0.05) is 0 Å². The molecule has 0 unspecified atom stereocenters. The van der Waals surface area contributed by atoms with Gasteiger partial charge in [-0.25, -0.2) is 0 Å². The van der Waals surface area contributed by atoms with Crippen LogP contribution in [0.1, 0.15) is 12.1 Å². The average molecular weight is 337 g/mol. The minimum absolute atomic E-state index is 0.108. The number of nitro groups is 2. The monoisotopic (exact) mass is 337 g/mol. The summed E-state index contributed by atoms with van der Waals surface area (Å²) in [4.78, 5) is 31.7. The Morgan fingerprint density at radius 1 is 1.21 bits per heavy atom. The average Bonchev–Trinajstić information content (AvgIpc) is 3.13. The van der Waals surface area contributed by atoms with Crippen LogP contribution in [0.15, 0.2) is 18.3 Å². The third-order valence-electron chi connectivity index (χ3n) is 3.18. The molecule has 0 radical (unpaired) electrons. The number of hydrogen-bond donors (Lipinski definition) is 1. The molecular formula is C12H15N7O5. The first kappa shape index (κ1) is 17.1. The zero-order valence-electron chi connectivity index (χ0n) is 12.8. The molecule has 2 rings (SSSR count). The fraction of sp³-hybridized carbons (Fsp3) is 0.417. The maximum Gasteiger partial charge on any atom is 0.390 e. The predicted molar refractivity (Wildman–Crippen MR) is 80.1 cm³/mol. The summed E-state index contributed by atoms with van der Waals surface area (Å²) in [5, 5.41) is 31.3. The predicted octanol–water partition coefficient (Wildman–Crippen LogP) is 0.411. The van der Waals surface area contributed by atoms with Crippen LogP contribution in [0.4, 0.5) is 11.6 Å². The molecule has 2 aromatic heterocycles. The van der Waals surface area contributed by atoms with Crippen molar-refractivity contribution in [2.75, 3.05) is 6.54 Å². The van der Waals surface area contributed by atoms with E-state index in [0.717, 1.165) is 0 Å². The largest absolute Gasteiger partial charge is 0.390 e. The molecule has 128 valence electrons. The Morgan fingerprint density at radius 3 is 2.50 bits per heavy atom. The van der Waals surface area contributed by atoms with Crippen LogP contribution in [0.25, 0.3) is 0 Å². The zero-order valence-corrected chi connectivity index (χ0v) is 12.8. The summed E-state index contributed by atoms with van der Waals surface area (Å²) in [6.07, 6.45) is 1.54. The molecule has 24 heavy (non-hydrogen) atoms. The van der Waals surface area contributed by atoms with Crippen LogP contribution in [-0.2, 0) is 17.9 Å². The third kappa shape index (κ3) is 4.34. The second-order valence-electron chi connectivity index (χ2n) is 4.92. The Balaban J connectivity index is 1.75. The van der Waals surface area contributed by atoms with Crippen LogP contribution >= 0.6 is 0 Å². The number of nitrogens with zero attached hydrogens (tertiary/aromatic N) is 6. The lowest BCUT2D eigenvalue weighted by Crippen LogP contribution is -2.28. The Labute approximate surface area is 135 Å². The minimum Gasteiger partial charge on any atom is -0.358 e. The molecule has 1 amide bonds. The van der Waals surface area contributed by atoms with Crippen molar-refractivity contribution in [3.63, 3.8) is 0 Å². The fourth-order valence-electron chi connectivity index (χ4n) is 1.99. The fourth-order valence-corrected chi connectivity index (χ4v) is 1.99. The number of hydrogen-bond acceptors (Lipinski definition) is 7. The number of rotatable bonds is 8.